The maximum atomic E-state index is 4.38. The molecule has 0 aliphatic rings. The molecule has 0 radical (unpaired) electrons. The molecule has 0 saturated heterocycles. The van der Waals surface area contributed by atoms with Crippen molar-refractivity contribution in [2.45, 2.75) is 24.9 Å². The van der Waals surface area contributed by atoms with Gasteiger partial charge in [-0.1, -0.05) is 55.4 Å². The van der Waals surface area contributed by atoms with Crippen LogP contribution in [0.5, 0.6) is 0 Å². The lowest BCUT2D eigenvalue weighted by Gasteiger charge is -2.02. The number of aromatic nitrogens is 2. The van der Waals surface area contributed by atoms with E-state index in [1.54, 1.807) is 11.8 Å². The monoisotopic (exact) mass is 244 g/mol. The Morgan fingerprint density at radius 3 is 2.35 bits per heavy atom. The molecule has 0 aliphatic heterocycles. The Bertz CT molecular complexity index is 440. The number of unbranched alkanes of at least 4 members (excludes halogenated alkanes) is 1. The summed E-state index contributed by atoms with van der Waals surface area (Å²) in [6.07, 6.45) is 6.23. The lowest BCUT2D eigenvalue weighted by Crippen LogP contribution is -1.89. The van der Waals surface area contributed by atoms with E-state index in [0.29, 0.717) is 0 Å². The van der Waals surface area contributed by atoms with Gasteiger partial charge < -0.3 is 0 Å². The Morgan fingerprint density at radius 2 is 1.71 bits per heavy atom. The molecule has 1 aromatic heterocycles. The summed E-state index contributed by atoms with van der Waals surface area (Å²) in [6.45, 7) is 2.19. The largest absolute Gasteiger partial charge is 0.230 e. The summed E-state index contributed by atoms with van der Waals surface area (Å²) < 4.78 is 0. The fraction of sp³-hybridized carbons (Fsp3) is 0.286. The molecule has 3 heteroatoms. The second kappa shape index (κ2) is 6.40. The minimum Gasteiger partial charge on any atom is -0.230 e. The SMILES string of the molecule is CCCCSc1ncc(-c2ccccc2)cn1. The summed E-state index contributed by atoms with van der Waals surface area (Å²) >= 11 is 1.73. The molecule has 0 saturated carbocycles. The predicted octanol–water partition coefficient (Wildman–Crippen LogP) is 4.04. The molecule has 1 heterocycles. The van der Waals surface area contributed by atoms with Crippen LogP contribution < -0.4 is 0 Å². The van der Waals surface area contributed by atoms with Gasteiger partial charge >= 0.3 is 0 Å². The fourth-order valence-corrected chi connectivity index (χ4v) is 2.35. The van der Waals surface area contributed by atoms with Crippen molar-refractivity contribution >= 4 is 11.8 Å². The molecule has 2 aromatic rings. The first-order valence-corrected chi connectivity index (χ1v) is 6.89. The summed E-state index contributed by atoms with van der Waals surface area (Å²) in [4.78, 5) is 8.76. The van der Waals surface area contributed by atoms with Crippen molar-refractivity contribution in [2.24, 2.45) is 0 Å². The quantitative estimate of drug-likeness (QED) is 0.451. The average Bonchev–Trinajstić information content (AvgIpc) is 2.41. The van der Waals surface area contributed by atoms with Crippen LogP contribution in [-0.2, 0) is 0 Å². The molecule has 2 nitrogen and oxygen atoms in total. The summed E-state index contributed by atoms with van der Waals surface area (Å²) in [7, 11) is 0. The fourth-order valence-electron chi connectivity index (χ4n) is 1.48. The molecule has 0 atom stereocenters. The van der Waals surface area contributed by atoms with Gasteiger partial charge in [-0.3, -0.25) is 0 Å². The van der Waals surface area contributed by atoms with E-state index in [2.05, 4.69) is 29.0 Å². The smallest absolute Gasteiger partial charge is 0.187 e. The van der Waals surface area contributed by atoms with Crippen molar-refractivity contribution in [1.82, 2.24) is 9.97 Å². The first kappa shape index (κ1) is 12.1. The zero-order chi connectivity index (χ0) is 11.9. The number of nitrogens with zero attached hydrogens (tertiary/aromatic N) is 2. The Morgan fingerprint density at radius 1 is 1.00 bits per heavy atom. The normalized spacial score (nSPS) is 10.4. The molecule has 0 aliphatic carbocycles. The van der Waals surface area contributed by atoms with Gasteiger partial charge in [-0.2, -0.15) is 0 Å². The third kappa shape index (κ3) is 3.56. The molecule has 0 unspecified atom stereocenters. The number of hydrogen-bond donors (Lipinski definition) is 0. The van der Waals surface area contributed by atoms with Gasteiger partial charge in [-0.05, 0) is 12.0 Å². The van der Waals surface area contributed by atoms with Gasteiger partial charge in [0.25, 0.3) is 0 Å². The molecular weight excluding hydrogens is 228 g/mol. The van der Waals surface area contributed by atoms with Gasteiger partial charge in [0.1, 0.15) is 0 Å². The van der Waals surface area contributed by atoms with Gasteiger partial charge in [0.2, 0.25) is 0 Å². The topological polar surface area (TPSA) is 25.8 Å². The van der Waals surface area contributed by atoms with E-state index in [0.717, 1.165) is 22.0 Å². The van der Waals surface area contributed by atoms with Gasteiger partial charge in [0.05, 0.1) is 0 Å². The van der Waals surface area contributed by atoms with E-state index in [9.17, 15) is 0 Å². The van der Waals surface area contributed by atoms with E-state index in [1.807, 2.05) is 30.6 Å². The van der Waals surface area contributed by atoms with Gasteiger partial charge in [0, 0.05) is 23.7 Å². The second-order valence-corrected chi connectivity index (χ2v) is 4.88. The van der Waals surface area contributed by atoms with Crippen molar-refractivity contribution in [3.05, 3.63) is 42.7 Å². The van der Waals surface area contributed by atoms with Gasteiger partial charge in [0.15, 0.2) is 5.16 Å². The summed E-state index contributed by atoms with van der Waals surface area (Å²) in [5.74, 6) is 1.10. The molecular formula is C14H16N2S. The third-order valence-electron chi connectivity index (χ3n) is 2.46. The lowest BCUT2D eigenvalue weighted by molar-refractivity contribution is 0.888. The highest BCUT2D eigenvalue weighted by molar-refractivity contribution is 7.99. The summed E-state index contributed by atoms with van der Waals surface area (Å²) in [5.41, 5.74) is 2.24. The first-order valence-electron chi connectivity index (χ1n) is 5.90. The Kier molecular flexibility index (Phi) is 4.56. The van der Waals surface area contributed by atoms with E-state index in [1.165, 1.54) is 12.8 Å². The summed E-state index contributed by atoms with van der Waals surface area (Å²) in [5, 5.41) is 0.873. The average molecular weight is 244 g/mol. The van der Waals surface area contributed by atoms with Crippen LogP contribution in [0, 0.1) is 0 Å². The van der Waals surface area contributed by atoms with Crippen LogP contribution in [0.1, 0.15) is 19.8 Å². The first-order chi connectivity index (χ1) is 8.40. The van der Waals surface area contributed by atoms with Crippen molar-refractivity contribution in [3.63, 3.8) is 0 Å². The van der Waals surface area contributed by atoms with Crippen LogP contribution in [0.2, 0.25) is 0 Å². The van der Waals surface area contributed by atoms with Crippen LogP contribution in [-0.4, -0.2) is 15.7 Å². The Labute approximate surface area is 107 Å². The van der Waals surface area contributed by atoms with Crippen LogP contribution in [0.25, 0.3) is 11.1 Å². The molecule has 0 spiro atoms. The van der Waals surface area contributed by atoms with E-state index in [4.69, 9.17) is 0 Å². The number of hydrogen-bond acceptors (Lipinski definition) is 3. The Hall–Kier alpha value is -1.35. The number of benzene rings is 1. The third-order valence-corrected chi connectivity index (χ3v) is 3.43. The minimum atomic E-state index is 0.873. The second-order valence-electron chi connectivity index (χ2n) is 3.82. The molecule has 2 rings (SSSR count). The molecule has 0 fully saturated rings. The molecule has 1 aromatic carbocycles. The van der Waals surface area contributed by atoms with Gasteiger partial charge in [-0.15, -0.1) is 0 Å². The molecule has 0 amide bonds. The van der Waals surface area contributed by atoms with E-state index < -0.39 is 0 Å². The molecule has 17 heavy (non-hydrogen) atoms. The highest BCUT2D eigenvalue weighted by atomic mass is 32.2. The predicted molar refractivity (Wildman–Crippen MR) is 73.1 cm³/mol. The highest BCUT2D eigenvalue weighted by Crippen LogP contribution is 2.19. The zero-order valence-corrected chi connectivity index (χ0v) is 10.8. The maximum absolute atomic E-state index is 4.38. The van der Waals surface area contributed by atoms with Crippen molar-refractivity contribution in [1.29, 1.82) is 0 Å². The van der Waals surface area contributed by atoms with E-state index in [-0.39, 0.29) is 0 Å². The van der Waals surface area contributed by atoms with Crippen LogP contribution in [0.15, 0.2) is 47.9 Å². The standard InChI is InChI=1S/C14H16N2S/c1-2-3-9-17-14-15-10-13(11-16-14)12-7-5-4-6-8-12/h4-8,10-11H,2-3,9H2,1H3. The molecule has 0 N–H and O–H groups in total. The Balaban J connectivity index is 2.03. The van der Waals surface area contributed by atoms with Crippen LogP contribution in [0.3, 0.4) is 0 Å². The molecule has 0 bridgehead atoms. The zero-order valence-electron chi connectivity index (χ0n) is 9.97. The molecule has 88 valence electrons. The van der Waals surface area contributed by atoms with Crippen molar-refractivity contribution < 1.29 is 0 Å². The van der Waals surface area contributed by atoms with Crippen molar-refractivity contribution in [3.8, 4) is 11.1 Å². The number of thioether (sulfide) groups is 1. The minimum absolute atomic E-state index is 0.873. The van der Waals surface area contributed by atoms with Crippen LogP contribution >= 0.6 is 11.8 Å². The van der Waals surface area contributed by atoms with E-state index >= 15 is 0 Å². The summed E-state index contributed by atoms with van der Waals surface area (Å²) in [6, 6.07) is 10.2. The maximum Gasteiger partial charge on any atom is 0.187 e. The number of rotatable bonds is 5. The lowest BCUT2D eigenvalue weighted by atomic mass is 10.1. The van der Waals surface area contributed by atoms with Crippen LogP contribution in [0.4, 0.5) is 0 Å². The van der Waals surface area contributed by atoms with Gasteiger partial charge in [-0.25, -0.2) is 9.97 Å². The highest BCUT2D eigenvalue weighted by Gasteiger charge is 2.00. The van der Waals surface area contributed by atoms with Crippen molar-refractivity contribution in [2.75, 3.05) is 5.75 Å².